The third kappa shape index (κ3) is 1.56. The quantitative estimate of drug-likeness (QED) is 0.820. The minimum absolute atomic E-state index is 0.270. The molecule has 0 radical (unpaired) electrons. The van der Waals surface area contributed by atoms with E-state index < -0.39 is 0 Å². The molecule has 1 aromatic rings. The second-order valence-electron chi connectivity index (χ2n) is 4.92. The van der Waals surface area contributed by atoms with Gasteiger partial charge in [-0.25, -0.2) is 0 Å². The minimum atomic E-state index is 0.270. The van der Waals surface area contributed by atoms with Gasteiger partial charge >= 0.3 is 0 Å². The fourth-order valence-corrected chi connectivity index (χ4v) is 2.76. The highest BCUT2D eigenvalue weighted by Crippen LogP contribution is 2.40. The van der Waals surface area contributed by atoms with Crippen molar-refractivity contribution in [2.24, 2.45) is 11.8 Å². The van der Waals surface area contributed by atoms with Gasteiger partial charge in [-0.05, 0) is 36.5 Å². The molecule has 1 saturated carbocycles. The van der Waals surface area contributed by atoms with Crippen molar-refractivity contribution in [3.63, 3.8) is 0 Å². The van der Waals surface area contributed by atoms with Crippen molar-refractivity contribution in [1.29, 1.82) is 0 Å². The van der Waals surface area contributed by atoms with E-state index in [0.29, 0.717) is 12.5 Å². The zero-order valence-corrected chi connectivity index (χ0v) is 9.10. The van der Waals surface area contributed by atoms with Gasteiger partial charge in [0, 0.05) is 19.0 Å². The van der Waals surface area contributed by atoms with Crippen molar-refractivity contribution in [3.05, 3.63) is 29.8 Å². The van der Waals surface area contributed by atoms with Crippen molar-refractivity contribution in [2.75, 3.05) is 6.54 Å². The Kier molecular flexibility index (Phi) is 2.13. The average Bonchev–Trinajstić information content (AvgIpc) is 2.19. The molecule has 1 aromatic carbocycles. The van der Waals surface area contributed by atoms with Crippen molar-refractivity contribution in [2.45, 2.75) is 19.4 Å². The smallest absolute Gasteiger partial charge is 0.226 e. The molecule has 2 saturated heterocycles. The molecule has 2 heterocycles. The largest absolute Gasteiger partial charge is 0.508 e. The number of carbonyl (C=O) groups is 1. The zero-order valence-electron chi connectivity index (χ0n) is 9.10. The minimum Gasteiger partial charge on any atom is -0.508 e. The van der Waals surface area contributed by atoms with E-state index in [-0.39, 0.29) is 11.7 Å². The van der Waals surface area contributed by atoms with Gasteiger partial charge in [0.05, 0.1) is 0 Å². The Hall–Kier alpha value is -1.51. The maximum atomic E-state index is 11.9. The first-order valence-electron chi connectivity index (χ1n) is 5.79. The van der Waals surface area contributed by atoms with E-state index in [2.05, 4.69) is 0 Å². The number of carbonyl (C=O) groups excluding carboxylic acids is 1. The molecule has 2 bridgehead atoms. The maximum Gasteiger partial charge on any atom is 0.226 e. The summed E-state index contributed by atoms with van der Waals surface area (Å²) in [7, 11) is 0. The van der Waals surface area contributed by atoms with Gasteiger partial charge in [-0.3, -0.25) is 4.79 Å². The fraction of sp³-hybridized carbons (Fsp3) is 0.462. The summed E-state index contributed by atoms with van der Waals surface area (Å²) in [4.78, 5) is 13.8. The van der Waals surface area contributed by atoms with Crippen LogP contribution in [0.1, 0.15) is 18.4 Å². The highest BCUT2D eigenvalue weighted by Gasteiger charge is 2.43. The molecule has 3 nitrogen and oxygen atoms in total. The van der Waals surface area contributed by atoms with Gasteiger partial charge in [-0.15, -0.1) is 0 Å². The fourth-order valence-electron chi connectivity index (χ4n) is 2.76. The number of rotatable bonds is 2. The van der Waals surface area contributed by atoms with E-state index in [4.69, 9.17) is 0 Å². The van der Waals surface area contributed by atoms with Gasteiger partial charge in [-0.2, -0.15) is 0 Å². The van der Waals surface area contributed by atoms with Crippen LogP contribution in [-0.2, 0) is 11.3 Å². The number of hydrogen-bond donors (Lipinski definition) is 1. The van der Waals surface area contributed by atoms with Crippen LogP contribution in [0.15, 0.2) is 24.3 Å². The lowest BCUT2D eigenvalue weighted by atomic mass is 9.70. The van der Waals surface area contributed by atoms with Crippen molar-refractivity contribution in [1.82, 2.24) is 4.90 Å². The molecule has 0 aromatic heterocycles. The molecule has 4 rings (SSSR count). The predicted octanol–water partition coefficient (Wildman–Crippen LogP) is 1.76. The number of amides is 1. The third-order valence-electron chi connectivity index (χ3n) is 3.66. The summed E-state index contributed by atoms with van der Waals surface area (Å²) >= 11 is 0. The second-order valence-corrected chi connectivity index (χ2v) is 4.92. The van der Waals surface area contributed by atoms with E-state index in [1.165, 1.54) is 0 Å². The number of benzene rings is 1. The van der Waals surface area contributed by atoms with Crippen LogP contribution >= 0.6 is 0 Å². The molecule has 1 amide bonds. The Morgan fingerprint density at radius 3 is 2.88 bits per heavy atom. The van der Waals surface area contributed by atoms with Crippen LogP contribution in [0, 0.1) is 11.8 Å². The topological polar surface area (TPSA) is 40.5 Å². The van der Waals surface area contributed by atoms with Crippen molar-refractivity contribution < 1.29 is 9.90 Å². The van der Waals surface area contributed by atoms with Gasteiger partial charge in [0.15, 0.2) is 0 Å². The lowest BCUT2D eigenvalue weighted by Crippen LogP contribution is -2.52. The monoisotopic (exact) mass is 217 g/mol. The predicted molar refractivity (Wildman–Crippen MR) is 59.7 cm³/mol. The molecule has 84 valence electrons. The highest BCUT2D eigenvalue weighted by atomic mass is 16.3. The first kappa shape index (κ1) is 9.70. The number of hydrogen-bond acceptors (Lipinski definition) is 2. The van der Waals surface area contributed by atoms with Crippen LogP contribution in [0.3, 0.4) is 0 Å². The Labute approximate surface area is 94.7 Å². The van der Waals surface area contributed by atoms with E-state index in [1.54, 1.807) is 12.1 Å². The molecule has 16 heavy (non-hydrogen) atoms. The van der Waals surface area contributed by atoms with Gasteiger partial charge in [0.25, 0.3) is 0 Å². The molecule has 0 spiro atoms. The van der Waals surface area contributed by atoms with E-state index in [9.17, 15) is 9.90 Å². The summed E-state index contributed by atoms with van der Waals surface area (Å²) in [6.07, 6.45) is 2.19. The summed E-state index contributed by atoms with van der Waals surface area (Å²) < 4.78 is 0. The number of piperidine rings is 2. The second kappa shape index (κ2) is 3.51. The van der Waals surface area contributed by atoms with Gasteiger partial charge < -0.3 is 10.0 Å². The number of phenols is 1. The lowest BCUT2D eigenvalue weighted by Gasteiger charge is -2.46. The zero-order chi connectivity index (χ0) is 11.1. The Bertz CT molecular complexity index is 424. The molecule has 2 aliphatic heterocycles. The standard InChI is InChI=1S/C13H15NO2/c15-12-3-1-2-9(6-12)7-14-8-10-4-11(5-10)13(14)16/h1-3,6,10-11,15H,4-5,7-8H2. The summed E-state index contributed by atoms with van der Waals surface area (Å²) in [6, 6.07) is 7.15. The number of fused-ring (bicyclic) bond motifs is 2. The van der Waals surface area contributed by atoms with E-state index in [1.807, 2.05) is 17.0 Å². The first-order chi connectivity index (χ1) is 7.72. The molecule has 3 heteroatoms. The highest BCUT2D eigenvalue weighted by molar-refractivity contribution is 5.81. The van der Waals surface area contributed by atoms with Crippen LogP contribution in [0.25, 0.3) is 0 Å². The van der Waals surface area contributed by atoms with Gasteiger partial charge in [-0.1, -0.05) is 12.1 Å². The van der Waals surface area contributed by atoms with Crippen LogP contribution in [0.2, 0.25) is 0 Å². The molecule has 0 unspecified atom stereocenters. The lowest BCUT2D eigenvalue weighted by molar-refractivity contribution is -0.149. The normalized spacial score (nSPS) is 27.8. The molecular formula is C13H15NO2. The Morgan fingerprint density at radius 1 is 1.38 bits per heavy atom. The Morgan fingerprint density at radius 2 is 2.19 bits per heavy atom. The van der Waals surface area contributed by atoms with Crippen LogP contribution in [0.5, 0.6) is 5.75 Å². The number of nitrogens with zero attached hydrogens (tertiary/aromatic N) is 1. The number of phenolic OH excluding ortho intramolecular Hbond substituents is 1. The van der Waals surface area contributed by atoms with E-state index >= 15 is 0 Å². The maximum absolute atomic E-state index is 11.9. The summed E-state index contributed by atoms with van der Waals surface area (Å²) in [5, 5.41) is 9.37. The molecule has 1 N–H and O–H groups in total. The average molecular weight is 217 g/mol. The SMILES string of the molecule is O=C1C2CC(C2)CN1Cc1cccc(O)c1. The summed E-state index contributed by atoms with van der Waals surface area (Å²) in [5.74, 6) is 1.58. The first-order valence-corrected chi connectivity index (χ1v) is 5.79. The molecular weight excluding hydrogens is 202 g/mol. The van der Waals surface area contributed by atoms with Gasteiger partial charge in [0.1, 0.15) is 5.75 Å². The van der Waals surface area contributed by atoms with E-state index in [0.717, 1.165) is 30.9 Å². The molecule has 3 fully saturated rings. The van der Waals surface area contributed by atoms with Crippen molar-refractivity contribution >= 4 is 5.91 Å². The summed E-state index contributed by atoms with van der Waals surface area (Å²) in [5.41, 5.74) is 1.01. The van der Waals surface area contributed by atoms with Crippen LogP contribution in [-0.4, -0.2) is 22.5 Å². The number of aromatic hydroxyl groups is 1. The Balaban J connectivity index is 1.73. The molecule has 3 aliphatic rings. The van der Waals surface area contributed by atoms with Gasteiger partial charge in [0.2, 0.25) is 5.91 Å². The third-order valence-corrected chi connectivity index (χ3v) is 3.66. The molecule has 0 atom stereocenters. The summed E-state index contributed by atoms with van der Waals surface area (Å²) in [6.45, 7) is 1.53. The van der Waals surface area contributed by atoms with Crippen LogP contribution in [0.4, 0.5) is 0 Å². The van der Waals surface area contributed by atoms with Crippen molar-refractivity contribution in [3.8, 4) is 5.75 Å². The molecule has 1 aliphatic carbocycles. The van der Waals surface area contributed by atoms with Crippen LogP contribution < -0.4 is 0 Å².